The van der Waals surface area contributed by atoms with Crippen molar-refractivity contribution in [2.45, 2.75) is 13.3 Å². The van der Waals surface area contributed by atoms with E-state index < -0.39 is 0 Å². The van der Waals surface area contributed by atoms with Crippen LogP contribution in [0.25, 0.3) is 0 Å². The predicted molar refractivity (Wildman–Crippen MR) is 96.2 cm³/mol. The highest BCUT2D eigenvalue weighted by Crippen LogP contribution is 2.10. The smallest absolute Gasteiger partial charge is 0.251 e. The summed E-state index contributed by atoms with van der Waals surface area (Å²) in [5.41, 5.74) is 1.74. The number of halogens is 1. The maximum atomic E-state index is 12.0. The minimum Gasteiger partial charge on any atom is -0.350 e. The van der Waals surface area contributed by atoms with E-state index in [9.17, 15) is 9.59 Å². The van der Waals surface area contributed by atoms with Crippen molar-refractivity contribution in [1.29, 1.82) is 0 Å². The number of hydrogen-bond donors (Lipinski definition) is 1. The molecule has 2 rings (SSSR count). The third-order valence-electron chi connectivity index (χ3n) is 3.73. The van der Waals surface area contributed by atoms with Gasteiger partial charge in [-0.15, -0.1) is 0 Å². The molecule has 2 aromatic carbocycles. The summed E-state index contributed by atoms with van der Waals surface area (Å²) in [5.74, 6) is -0.130. The van der Waals surface area contributed by atoms with E-state index >= 15 is 0 Å². The Balaban J connectivity index is 1.80. The zero-order valence-corrected chi connectivity index (χ0v) is 14.4. The first-order valence-corrected chi connectivity index (χ1v) is 8.27. The van der Waals surface area contributed by atoms with Gasteiger partial charge in [-0.3, -0.25) is 9.59 Å². The second-order valence-corrected chi connectivity index (χ2v) is 5.94. The van der Waals surface area contributed by atoms with Crippen LogP contribution in [0.4, 0.5) is 0 Å². The Morgan fingerprint density at radius 1 is 1.00 bits per heavy atom. The lowest BCUT2D eigenvalue weighted by molar-refractivity contribution is -0.128. The standard InChI is InChI=1S/C19H21ClN2O2/c1-15(23)22(13-11-16-7-9-18(20)10-8-16)14-12-21-19(24)17-5-3-2-4-6-17/h2-10H,11-14H2,1H3,(H,21,24). The fraction of sp³-hybridized carbons (Fsp3) is 0.263. The molecule has 0 spiro atoms. The first-order valence-electron chi connectivity index (χ1n) is 7.89. The number of benzene rings is 2. The number of amides is 2. The molecule has 0 radical (unpaired) electrons. The molecule has 0 unspecified atom stereocenters. The molecule has 0 saturated carbocycles. The van der Waals surface area contributed by atoms with Gasteiger partial charge in [0.25, 0.3) is 5.91 Å². The molecular weight excluding hydrogens is 324 g/mol. The highest BCUT2D eigenvalue weighted by molar-refractivity contribution is 6.30. The summed E-state index contributed by atoms with van der Waals surface area (Å²) < 4.78 is 0. The second kappa shape index (κ2) is 9.08. The van der Waals surface area contributed by atoms with E-state index in [0.29, 0.717) is 30.2 Å². The number of carbonyl (C=O) groups is 2. The van der Waals surface area contributed by atoms with E-state index in [4.69, 9.17) is 11.6 Å². The van der Waals surface area contributed by atoms with Gasteiger partial charge >= 0.3 is 0 Å². The van der Waals surface area contributed by atoms with Crippen LogP contribution >= 0.6 is 11.6 Å². The maximum Gasteiger partial charge on any atom is 0.251 e. The lowest BCUT2D eigenvalue weighted by Crippen LogP contribution is -2.38. The van der Waals surface area contributed by atoms with Gasteiger partial charge in [0.05, 0.1) is 0 Å². The summed E-state index contributed by atoms with van der Waals surface area (Å²) in [5, 5.41) is 3.54. The molecule has 0 aliphatic heterocycles. The van der Waals surface area contributed by atoms with E-state index in [2.05, 4.69) is 5.32 Å². The molecule has 0 saturated heterocycles. The van der Waals surface area contributed by atoms with Gasteiger partial charge in [-0.1, -0.05) is 41.9 Å². The van der Waals surface area contributed by atoms with E-state index in [-0.39, 0.29) is 11.8 Å². The molecule has 0 heterocycles. The van der Waals surface area contributed by atoms with Crippen LogP contribution in [0.15, 0.2) is 54.6 Å². The van der Waals surface area contributed by atoms with Gasteiger partial charge in [0.15, 0.2) is 0 Å². The van der Waals surface area contributed by atoms with Crippen molar-refractivity contribution < 1.29 is 9.59 Å². The van der Waals surface area contributed by atoms with E-state index in [1.165, 1.54) is 0 Å². The molecule has 0 atom stereocenters. The third kappa shape index (κ3) is 5.70. The minimum atomic E-state index is -0.128. The highest BCUT2D eigenvalue weighted by atomic mass is 35.5. The Morgan fingerprint density at radius 3 is 2.29 bits per heavy atom. The quantitative estimate of drug-likeness (QED) is 0.838. The molecular formula is C19H21ClN2O2. The molecule has 0 fully saturated rings. The van der Waals surface area contributed by atoms with Crippen molar-refractivity contribution in [2.24, 2.45) is 0 Å². The molecule has 1 N–H and O–H groups in total. The SMILES string of the molecule is CC(=O)N(CCNC(=O)c1ccccc1)CCc1ccc(Cl)cc1. The molecule has 126 valence electrons. The minimum absolute atomic E-state index is 0.00192. The molecule has 0 aromatic heterocycles. The largest absolute Gasteiger partial charge is 0.350 e. The van der Waals surface area contributed by atoms with Crippen LogP contribution in [0, 0.1) is 0 Å². The summed E-state index contributed by atoms with van der Waals surface area (Å²) in [6.45, 7) is 3.06. The van der Waals surface area contributed by atoms with Crippen molar-refractivity contribution in [3.8, 4) is 0 Å². The average molecular weight is 345 g/mol. The van der Waals surface area contributed by atoms with Gasteiger partial charge in [0.2, 0.25) is 5.91 Å². The lowest BCUT2D eigenvalue weighted by Gasteiger charge is -2.21. The van der Waals surface area contributed by atoms with Crippen LogP contribution in [-0.2, 0) is 11.2 Å². The molecule has 0 aliphatic rings. The van der Waals surface area contributed by atoms with Gasteiger partial charge in [-0.2, -0.15) is 0 Å². The van der Waals surface area contributed by atoms with Crippen LogP contribution in [0.5, 0.6) is 0 Å². The van der Waals surface area contributed by atoms with E-state index in [1.807, 2.05) is 42.5 Å². The first kappa shape index (κ1) is 18.0. The summed E-state index contributed by atoms with van der Waals surface area (Å²) in [7, 11) is 0. The third-order valence-corrected chi connectivity index (χ3v) is 3.98. The first-order chi connectivity index (χ1) is 11.6. The normalized spacial score (nSPS) is 10.2. The van der Waals surface area contributed by atoms with Gasteiger partial charge in [-0.05, 0) is 36.2 Å². The molecule has 2 amide bonds. The fourth-order valence-corrected chi connectivity index (χ4v) is 2.46. The van der Waals surface area contributed by atoms with E-state index in [1.54, 1.807) is 24.0 Å². The van der Waals surface area contributed by atoms with Gasteiger partial charge in [0, 0.05) is 37.1 Å². The van der Waals surface area contributed by atoms with Crippen molar-refractivity contribution >= 4 is 23.4 Å². The summed E-state index contributed by atoms with van der Waals surface area (Å²) in [4.78, 5) is 25.5. The molecule has 2 aromatic rings. The maximum absolute atomic E-state index is 12.0. The molecule has 0 aliphatic carbocycles. The van der Waals surface area contributed by atoms with Crippen molar-refractivity contribution in [3.05, 3.63) is 70.7 Å². The molecule has 4 nitrogen and oxygen atoms in total. The Morgan fingerprint density at radius 2 is 1.67 bits per heavy atom. The monoisotopic (exact) mass is 344 g/mol. The zero-order chi connectivity index (χ0) is 17.4. The second-order valence-electron chi connectivity index (χ2n) is 5.50. The lowest BCUT2D eigenvalue weighted by atomic mass is 10.1. The fourth-order valence-electron chi connectivity index (χ4n) is 2.34. The number of rotatable bonds is 7. The number of nitrogens with one attached hydrogen (secondary N) is 1. The van der Waals surface area contributed by atoms with Crippen molar-refractivity contribution in [2.75, 3.05) is 19.6 Å². The van der Waals surface area contributed by atoms with Gasteiger partial charge in [-0.25, -0.2) is 0 Å². The molecule has 24 heavy (non-hydrogen) atoms. The van der Waals surface area contributed by atoms with Crippen LogP contribution in [0.1, 0.15) is 22.8 Å². The van der Waals surface area contributed by atoms with Gasteiger partial charge in [0.1, 0.15) is 0 Å². The Labute approximate surface area is 147 Å². The van der Waals surface area contributed by atoms with Crippen molar-refractivity contribution in [1.82, 2.24) is 10.2 Å². The Hall–Kier alpha value is -2.33. The predicted octanol–water partition coefficient (Wildman–Crippen LogP) is 3.16. The van der Waals surface area contributed by atoms with Crippen LogP contribution in [0.3, 0.4) is 0 Å². The topological polar surface area (TPSA) is 49.4 Å². The van der Waals surface area contributed by atoms with E-state index in [0.717, 1.165) is 12.0 Å². The van der Waals surface area contributed by atoms with Crippen LogP contribution in [-0.4, -0.2) is 36.3 Å². The highest BCUT2D eigenvalue weighted by Gasteiger charge is 2.10. The number of hydrogen-bond acceptors (Lipinski definition) is 2. The molecule has 5 heteroatoms. The number of nitrogens with zero attached hydrogens (tertiary/aromatic N) is 1. The van der Waals surface area contributed by atoms with Crippen LogP contribution in [0.2, 0.25) is 5.02 Å². The Kier molecular flexibility index (Phi) is 6.82. The van der Waals surface area contributed by atoms with Crippen LogP contribution < -0.4 is 5.32 Å². The zero-order valence-electron chi connectivity index (χ0n) is 13.7. The number of carbonyl (C=O) groups excluding carboxylic acids is 2. The summed E-state index contributed by atoms with van der Waals surface area (Å²) >= 11 is 5.87. The summed E-state index contributed by atoms with van der Waals surface area (Å²) in [6, 6.07) is 16.6. The average Bonchev–Trinajstić information content (AvgIpc) is 2.59. The summed E-state index contributed by atoms with van der Waals surface area (Å²) in [6.07, 6.45) is 0.753. The van der Waals surface area contributed by atoms with Crippen molar-refractivity contribution in [3.63, 3.8) is 0 Å². The molecule has 0 bridgehead atoms. The Bertz CT molecular complexity index is 672. The van der Waals surface area contributed by atoms with Gasteiger partial charge < -0.3 is 10.2 Å².